The van der Waals surface area contributed by atoms with Crippen LogP contribution in [0.5, 0.6) is 5.75 Å². The minimum atomic E-state index is -0.0617. The summed E-state index contributed by atoms with van der Waals surface area (Å²) in [7, 11) is 1.60. The zero-order valence-corrected chi connectivity index (χ0v) is 14.3. The van der Waals surface area contributed by atoms with E-state index in [1.165, 1.54) is 24.8 Å². The predicted molar refractivity (Wildman–Crippen MR) is 98.6 cm³/mol. The second kappa shape index (κ2) is 7.52. The third kappa shape index (κ3) is 3.45. The Labute approximate surface area is 145 Å². The maximum atomic E-state index is 12.6. The molecule has 0 spiro atoms. The minimum absolute atomic E-state index is 0. The van der Waals surface area contributed by atoms with E-state index < -0.39 is 0 Å². The lowest BCUT2D eigenvalue weighted by Gasteiger charge is -2.38. The summed E-state index contributed by atoms with van der Waals surface area (Å²) in [5.41, 5.74) is 1.99. The van der Waals surface area contributed by atoms with Gasteiger partial charge in [-0.05, 0) is 30.5 Å². The molecule has 3 nitrogen and oxygen atoms in total. The van der Waals surface area contributed by atoms with Gasteiger partial charge < -0.3 is 10.1 Å². The smallest absolute Gasteiger partial charge is 0.255 e. The van der Waals surface area contributed by atoms with Crippen LogP contribution in [-0.2, 0) is 5.41 Å². The van der Waals surface area contributed by atoms with Crippen molar-refractivity contribution in [1.82, 2.24) is 5.32 Å². The van der Waals surface area contributed by atoms with Gasteiger partial charge in [0.05, 0.1) is 12.7 Å². The molecule has 1 aliphatic carbocycles. The van der Waals surface area contributed by atoms with Gasteiger partial charge in [-0.3, -0.25) is 4.79 Å². The summed E-state index contributed by atoms with van der Waals surface area (Å²) in [5, 5.41) is 3.16. The molecular weight excluding hydrogens is 298 g/mol. The summed E-state index contributed by atoms with van der Waals surface area (Å²) in [6.45, 7) is 0.674. The van der Waals surface area contributed by atoms with Crippen molar-refractivity contribution in [2.24, 2.45) is 0 Å². The van der Waals surface area contributed by atoms with Gasteiger partial charge in [0.25, 0.3) is 5.91 Å². The third-order valence-electron chi connectivity index (χ3n) is 5.14. The van der Waals surface area contributed by atoms with Crippen LogP contribution < -0.4 is 10.1 Å². The van der Waals surface area contributed by atoms with E-state index in [-0.39, 0.29) is 12.7 Å². The Hall–Kier alpha value is -2.29. The molecule has 1 N–H and O–H groups in total. The fourth-order valence-electron chi connectivity index (χ4n) is 3.76. The third-order valence-corrected chi connectivity index (χ3v) is 5.14. The topological polar surface area (TPSA) is 38.3 Å². The van der Waals surface area contributed by atoms with Gasteiger partial charge in [0.15, 0.2) is 0 Å². The van der Waals surface area contributed by atoms with Crippen molar-refractivity contribution in [3.63, 3.8) is 0 Å². The van der Waals surface area contributed by atoms with Crippen molar-refractivity contribution in [2.45, 2.75) is 37.5 Å². The molecule has 3 rings (SSSR count). The first-order valence-electron chi connectivity index (χ1n) is 8.72. The molecule has 128 valence electrons. The average molecular weight is 325 g/mol. The summed E-state index contributed by atoms with van der Waals surface area (Å²) in [5.74, 6) is 0.556. The van der Waals surface area contributed by atoms with Crippen LogP contribution in [0.25, 0.3) is 0 Å². The van der Waals surface area contributed by atoms with E-state index in [4.69, 9.17) is 4.74 Å². The van der Waals surface area contributed by atoms with E-state index >= 15 is 0 Å². The highest BCUT2D eigenvalue weighted by Crippen LogP contribution is 2.39. The summed E-state index contributed by atoms with van der Waals surface area (Å²) in [4.78, 5) is 12.6. The van der Waals surface area contributed by atoms with Gasteiger partial charge in [0.1, 0.15) is 5.75 Å². The van der Waals surface area contributed by atoms with E-state index in [2.05, 4.69) is 29.6 Å². The maximum Gasteiger partial charge on any atom is 0.255 e. The molecule has 0 saturated heterocycles. The molecule has 0 unspecified atom stereocenters. The summed E-state index contributed by atoms with van der Waals surface area (Å²) >= 11 is 0. The van der Waals surface area contributed by atoms with Gasteiger partial charge in [-0.2, -0.15) is 0 Å². The molecule has 1 aliphatic rings. The standard InChI is InChI=1S/C21H25NO2.H2/c1-24-19-13-7-6-12-18(19)20(23)22-16-21(14-8-3-9-15-21)17-10-4-2-5-11-17;/h2,4-7,10-13H,3,8-9,14-16H2,1H3,(H,22,23);1H. The molecule has 1 fully saturated rings. The Morgan fingerprint density at radius 3 is 2.42 bits per heavy atom. The van der Waals surface area contributed by atoms with E-state index in [9.17, 15) is 4.79 Å². The van der Waals surface area contributed by atoms with E-state index in [1.807, 2.05) is 30.3 Å². The number of methoxy groups -OCH3 is 1. The van der Waals surface area contributed by atoms with Crippen LogP contribution in [-0.4, -0.2) is 19.6 Å². The second-order valence-electron chi connectivity index (χ2n) is 6.59. The molecule has 1 amide bonds. The molecule has 2 aromatic carbocycles. The molecule has 2 aromatic rings. The first-order chi connectivity index (χ1) is 11.7. The summed E-state index contributed by atoms with van der Waals surface area (Å²) < 4.78 is 5.31. The van der Waals surface area contributed by atoms with Gasteiger partial charge in [-0.15, -0.1) is 0 Å². The fraction of sp³-hybridized carbons (Fsp3) is 0.381. The number of amides is 1. The Kier molecular flexibility index (Phi) is 5.19. The quantitative estimate of drug-likeness (QED) is 0.874. The number of rotatable bonds is 5. The molecule has 0 radical (unpaired) electrons. The lowest BCUT2D eigenvalue weighted by Crippen LogP contribution is -2.42. The largest absolute Gasteiger partial charge is 0.496 e. The summed E-state index contributed by atoms with van der Waals surface area (Å²) in [6, 6.07) is 18.0. The van der Waals surface area contributed by atoms with Crippen molar-refractivity contribution in [2.75, 3.05) is 13.7 Å². The van der Waals surface area contributed by atoms with Gasteiger partial charge in [-0.25, -0.2) is 0 Å². The minimum Gasteiger partial charge on any atom is -0.496 e. The number of carbonyl (C=O) groups is 1. The highest BCUT2D eigenvalue weighted by atomic mass is 16.5. The normalized spacial score (nSPS) is 16.4. The molecule has 1 saturated carbocycles. The van der Waals surface area contributed by atoms with Crippen molar-refractivity contribution in [3.05, 3.63) is 65.7 Å². The second-order valence-corrected chi connectivity index (χ2v) is 6.59. The number of hydrogen-bond acceptors (Lipinski definition) is 2. The van der Waals surface area contributed by atoms with E-state index in [1.54, 1.807) is 7.11 Å². The Morgan fingerprint density at radius 1 is 1.04 bits per heavy atom. The average Bonchev–Trinajstić information content (AvgIpc) is 2.67. The monoisotopic (exact) mass is 325 g/mol. The molecule has 0 aromatic heterocycles. The highest BCUT2D eigenvalue weighted by Gasteiger charge is 2.34. The first-order valence-corrected chi connectivity index (χ1v) is 8.72. The number of nitrogens with one attached hydrogen (secondary N) is 1. The lowest BCUT2D eigenvalue weighted by molar-refractivity contribution is 0.0933. The number of hydrogen-bond donors (Lipinski definition) is 1. The van der Waals surface area contributed by atoms with Crippen molar-refractivity contribution < 1.29 is 11.0 Å². The van der Waals surface area contributed by atoms with E-state index in [0.717, 1.165) is 12.8 Å². The molecule has 0 aliphatic heterocycles. The van der Waals surface area contributed by atoms with Crippen LogP contribution in [0.15, 0.2) is 54.6 Å². The zero-order valence-electron chi connectivity index (χ0n) is 14.3. The predicted octanol–water partition coefficient (Wildman–Crippen LogP) is 4.57. The van der Waals surface area contributed by atoms with E-state index in [0.29, 0.717) is 17.9 Å². The van der Waals surface area contributed by atoms with Crippen molar-refractivity contribution >= 4 is 5.91 Å². The molecular formula is C21H27NO2. The number of carbonyl (C=O) groups excluding carboxylic acids is 1. The SMILES string of the molecule is COc1ccccc1C(=O)NCC1(c2ccccc2)CCCCC1.[HH]. The number of para-hydroxylation sites is 1. The van der Waals surface area contributed by atoms with Crippen LogP contribution in [0.1, 0.15) is 49.5 Å². The first kappa shape index (κ1) is 16.6. The maximum absolute atomic E-state index is 12.6. The lowest BCUT2D eigenvalue weighted by atomic mass is 9.69. The molecule has 0 atom stereocenters. The highest BCUT2D eigenvalue weighted by molar-refractivity contribution is 5.96. The van der Waals surface area contributed by atoms with Gasteiger partial charge in [-0.1, -0.05) is 61.7 Å². The van der Waals surface area contributed by atoms with Crippen molar-refractivity contribution in [1.29, 1.82) is 0 Å². The van der Waals surface area contributed by atoms with Crippen molar-refractivity contribution in [3.8, 4) is 5.75 Å². The molecule has 0 bridgehead atoms. The summed E-state index contributed by atoms with van der Waals surface area (Å²) in [6.07, 6.45) is 5.99. The zero-order chi connectivity index (χ0) is 16.8. The van der Waals surface area contributed by atoms with Crippen LogP contribution in [0.4, 0.5) is 0 Å². The van der Waals surface area contributed by atoms with Gasteiger partial charge in [0.2, 0.25) is 0 Å². The van der Waals surface area contributed by atoms with Gasteiger partial charge in [0, 0.05) is 13.4 Å². The van der Waals surface area contributed by atoms with Crippen LogP contribution in [0, 0.1) is 0 Å². The Morgan fingerprint density at radius 2 is 1.71 bits per heavy atom. The van der Waals surface area contributed by atoms with Gasteiger partial charge >= 0.3 is 0 Å². The molecule has 0 heterocycles. The fourth-order valence-corrected chi connectivity index (χ4v) is 3.76. The number of ether oxygens (including phenoxy) is 1. The van der Waals surface area contributed by atoms with Crippen LogP contribution >= 0.6 is 0 Å². The van der Waals surface area contributed by atoms with Crippen LogP contribution in [0.3, 0.4) is 0 Å². The molecule has 3 heteroatoms. The number of benzene rings is 2. The Bertz CT molecular complexity index is 681. The van der Waals surface area contributed by atoms with Crippen LogP contribution in [0.2, 0.25) is 0 Å². The Balaban J connectivity index is 0.00000225. The molecule has 24 heavy (non-hydrogen) atoms.